The number of halogens is 2. The Balaban J connectivity index is 2.02. The molecule has 0 aromatic rings. The van der Waals surface area contributed by atoms with E-state index in [2.05, 4.69) is 12.2 Å². The number of likely N-dealkylation sites (tertiary alicyclic amines) is 1. The number of nitrogens with one attached hydrogen (secondary N) is 2. The zero-order valence-corrected chi connectivity index (χ0v) is 13.4. The summed E-state index contributed by atoms with van der Waals surface area (Å²) in [6.45, 7) is 2.11. The first-order chi connectivity index (χ1) is 11.0. The van der Waals surface area contributed by atoms with Crippen LogP contribution in [0.4, 0.5) is 8.78 Å². The highest BCUT2D eigenvalue weighted by Gasteiger charge is 2.38. The van der Waals surface area contributed by atoms with Gasteiger partial charge in [-0.25, -0.2) is 8.78 Å². The molecule has 4 nitrogen and oxygen atoms in total. The second-order valence-corrected chi connectivity index (χ2v) is 5.93. The molecule has 6 heteroatoms. The summed E-state index contributed by atoms with van der Waals surface area (Å²) in [6, 6.07) is 0. The Hall–Kier alpha value is -1.98. The number of alkyl halides is 2. The number of hydrogen-bond acceptors (Lipinski definition) is 4. The quantitative estimate of drug-likeness (QED) is 0.429. The largest absolute Gasteiger partial charge is 0.364 e. The van der Waals surface area contributed by atoms with Gasteiger partial charge in [-0.1, -0.05) is 19.8 Å². The van der Waals surface area contributed by atoms with E-state index in [0.717, 1.165) is 25.5 Å². The van der Waals surface area contributed by atoms with Crippen molar-refractivity contribution in [2.24, 2.45) is 0 Å². The van der Waals surface area contributed by atoms with Gasteiger partial charge in [0.1, 0.15) is 0 Å². The number of allylic oxidation sites excluding steroid dienone is 3. The Morgan fingerprint density at radius 1 is 1.43 bits per heavy atom. The van der Waals surface area contributed by atoms with Crippen LogP contribution in [0.25, 0.3) is 0 Å². The molecule has 2 heterocycles. The second-order valence-electron chi connectivity index (χ2n) is 5.93. The molecule has 0 aliphatic carbocycles. The van der Waals surface area contributed by atoms with Crippen LogP contribution in [0, 0.1) is 5.41 Å². The Morgan fingerprint density at radius 3 is 2.74 bits per heavy atom. The van der Waals surface area contributed by atoms with E-state index < -0.39 is 5.92 Å². The summed E-state index contributed by atoms with van der Waals surface area (Å²) in [7, 11) is 0. The average Bonchev–Trinajstić information content (AvgIpc) is 2.89. The second kappa shape index (κ2) is 7.53. The predicted octanol–water partition coefficient (Wildman–Crippen LogP) is 3.38. The van der Waals surface area contributed by atoms with Crippen molar-refractivity contribution in [3.05, 3.63) is 35.3 Å². The lowest BCUT2D eigenvalue weighted by Gasteiger charge is -2.23. The third kappa shape index (κ3) is 4.50. The number of dihydropyridines is 1. The number of ketones is 1. The summed E-state index contributed by atoms with van der Waals surface area (Å²) in [6.07, 6.45) is 9.21. The first kappa shape index (κ1) is 17.4. The molecule has 23 heavy (non-hydrogen) atoms. The van der Waals surface area contributed by atoms with Crippen molar-refractivity contribution >= 4 is 12.0 Å². The number of rotatable bonds is 7. The summed E-state index contributed by atoms with van der Waals surface area (Å²) < 4.78 is 26.5. The summed E-state index contributed by atoms with van der Waals surface area (Å²) >= 11 is 0. The summed E-state index contributed by atoms with van der Waals surface area (Å²) in [5.41, 5.74) is 1.56. The Bertz CT molecular complexity index is 564. The van der Waals surface area contributed by atoms with Gasteiger partial charge >= 0.3 is 0 Å². The summed E-state index contributed by atoms with van der Waals surface area (Å²) in [5.74, 6) is -2.70. The zero-order valence-electron chi connectivity index (χ0n) is 13.4. The maximum Gasteiger partial charge on any atom is 0.266 e. The minimum absolute atomic E-state index is 0.0647. The van der Waals surface area contributed by atoms with Crippen LogP contribution < -0.4 is 5.32 Å². The van der Waals surface area contributed by atoms with Crippen molar-refractivity contribution in [3.63, 3.8) is 0 Å². The van der Waals surface area contributed by atoms with Crippen LogP contribution in [0.3, 0.4) is 0 Å². The number of Topliss-reactive ketones (excluding diaryl/α,β-unsaturated/α-hetero) is 1. The molecule has 126 valence electrons. The molecule has 1 saturated heterocycles. The molecule has 0 radical (unpaired) electrons. The van der Waals surface area contributed by atoms with Crippen LogP contribution in [-0.4, -0.2) is 35.9 Å². The topological polar surface area (TPSA) is 56.2 Å². The van der Waals surface area contributed by atoms with E-state index in [0.29, 0.717) is 29.9 Å². The molecular formula is C17H23F2N3O. The molecule has 0 atom stereocenters. The van der Waals surface area contributed by atoms with Crippen molar-refractivity contribution in [1.29, 1.82) is 5.41 Å². The average molecular weight is 323 g/mol. The maximum absolute atomic E-state index is 13.3. The van der Waals surface area contributed by atoms with E-state index >= 15 is 0 Å². The fraction of sp³-hybridized carbons (Fsp3) is 0.529. The third-order valence-electron chi connectivity index (χ3n) is 4.07. The molecule has 1 fully saturated rings. The molecule has 0 aromatic carbocycles. The van der Waals surface area contributed by atoms with Crippen LogP contribution in [0.2, 0.25) is 0 Å². The van der Waals surface area contributed by atoms with Crippen LogP contribution in [-0.2, 0) is 4.79 Å². The van der Waals surface area contributed by atoms with Crippen LogP contribution in [0.1, 0.15) is 39.0 Å². The van der Waals surface area contributed by atoms with Gasteiger partial charge in [0.25, 0.3) is 5.92 Å². The minimum atomic E-state index is -2.64. The van der Waals surface area contributed by atoms with Crippen molar-refractivity contribution in [3.8, 4) is 0 Å². The SMILES string of the molecule is CCCCCC(=O)/C(C=N)=C1\C=CC(N2CCC(F)(F)C2)=CN1. The normalized spacial score (nSPS) is 21.7. The highest BCUT2D eigenvalue weighted by Crippen LogP contribution is 2.30. The van der Waals surface area contributed by atoms with Crippen molar-refractivity contribution < 1.29 is 13.6 Å². The number of hydrogen-bond donors (Lipinski definition) is 2. The molecule has 2 N–H and O–H groups in total. The molecule has 0 saturated carbocycles. The van der Waals surface area contributed by atoms with Gasteiger partial charge in [0.2, 0.25) is 0 Å². The van der Waals surface area contributed by atoms with Gasteiger partial charge in [-0.15, -0.1) is 0 Å². The molecule has 0 amide bonds. The van der Waals surface area contributed by atoms with E-state index in [1.54, 1.807) is 23.3 Å². The first-order valence-electron chi connectivity index (χ1n) is 8.02. The fourth-order valence-corrected chi connectivity index (χ4v) is 2.72. The molecule has 0 bridgehead atoms. The molecule has 0 unspecified atom stereocenters. The fourth-order valence-electron chi connectivity index (χ4n) is 2.72. The van der Waals surface area contributed by atoms with E-state index in [4.69, 9.17) is 5.41 Å². The van der Waals surface area contributed by atoms with Crippen LogP contribution in [0.5, 0.6) is 0 Å². The molecule has 0 spiro atoms. The number of carbonyl (C=O) groups is 1. The Labute approximate surface area is 135 Å². The van der Waals surface area contributed by atoms with E-state index in [-0.39, 0.29) is 18.7 Å². The molecule has 2 rings (SSSR count). The van der Waals surface area contributed by atoms with Crippen molar-refractivity contribution in [2.75, 3.05) is 13.1 Å². The lowest BCUT2D eigenvalue weighted by Crippen LogP contribution is -2.27. The summed E-state index contributed by atoms with van der Waals surface area (Å²) in [4.78, 5) is 13.8. The lowest BCUT2D eigenvalue weighted by atomic mass is 10.0. The van der Waals surface area contributed by atoms with E-state index in [9.17, 15) is 13.6 Å². The molecular weight excluding hydrogens is 300 g/mol. The van der Waals surface area contributed by atoms with Crippen molar-refractivity contribution in [2.45, 2.75) is 45.0 Å². The van der Waals surface area contributed by atoms with E-state index in [1.807, 2.05) is 0 Å². The van der Waals surface area contributed by atoms with Gasteiger partial charge < -0.3 is 15.6 Å². The van der Waals surface area contributed by atoms with Gasteiger partial charge in [0, 0.05) is 31.8 Å². The van der Waals surface area contributed by atoms with Crippen LogP contribution >= 0.6 is 0 Å². The Kier molecular flexibility index (Phi) is 5.69. The zero-order chi connectivity index (χ0) is 16.9. The Morgan fingerprint density at radius 2 is 2.22 bits per heavy atom. The highest BCUT2D eigenvalue weighted by atomic mass is 19.3. The van der Waals surface area contributed by atoms with Gasteiger partial charge in [0.15, 0.2) is 5.78 Å². The van der Waals surface area contributed by atoms with Crippen molar-refractivity contribution in [1.82, 2.24) is 10.2 Å². The maximum atomic E-state index is 13.3. The smallest absolute Gasteiger partial charge is 0.266 e. The van der Waals surface area contributed by atoms with Gasteiger partial charge in [-0.2, -0.15) is 0 Å². The standard InChI is InChI=1S/C17H23F2N3O/c1-2-3-4-5-16(23)14(10-20)15-7-6-13(11-21-15)22-9-8-17(18,19)12-22/h6-7,10-11,20-21H,2-5,8-9,12H2,1H3/b15-14+,20-10?. The monoisotopic (exact) mass is 323 g/mol. The molecule has 0 aromatic heterocycles. The number of carbonyl (C=O) groups excluding carboxylic acids is 1. The third-order valence-corrected chi connectivity index (χ3v) is 4.07. The van der Waals surface area contributed by atoms with Gasteiger partial charge in [0.05, 0.1) is 23.5 Å². The lowest BCUT2D eigenvalue weighted by molar-refractivity contribution is -0.115. The predicted molar refractivity (Wildman–Crippen MR) is 86.5 cm³/mol. The first-order valence-corrected chi connectivity index (χ1v) is 8.02. The highest BCUT2D eigenvalue weighted by molar-refractivity contribution is 6.13. The summed E-state index contributed by atoms with van der Waals surface area (Å²) in [5, 5.41) is 10.4. The van der Waals surface area contributed by atoms with Gasteiger partial charge in [-0.3, -0.25) is 4.79 Å². The van der Waals surface area contributed by atoms with Crippen LogP contribution in [0.15, 0.2) is 35.3 Å². The number of unbranched alkanes of at least 4 members (excludes halogenated alkanes) is 2. The minimum Gasteiger partial charge on any atom is -0.364 e. The number of nitrogens with zero attached hydrogens (tertiary/aromatic N) is 1. The van der Waals surface area contributed by atoms with E-state index in [1.165, 1.54) is 0 Å². The van der Waals surface area contributed by atoms with Gasteiger partial charge in [-0.05, 0) is 18.6 Å². The molecule has 2 aliphatic heterocycles. The molecule has 2 aliphatic rings.